The van der Waals surface area contributed by atoms with Gasteiger partial charge >= 0.3 is 0 Å². The average Bonchev–Trinajstić information content (AvgIpc) is 2.14. The maximum atomic E-state index is 11.4. The first-order chi connectivity index (χ1) is 6.91. The largest absolute Gasteiger partial charge is 0.295 e. The maximum absolute atomic E-state index is 11.4. The van der Waals surface area contributed by atoms with Crippen LogP contribution in [0.15, 0.2) is 11.3 Å². The summed E-state index contributed by atoms with van der Waals surface area (Å²) < 4.78 is 0. The van der Waals surface area contributed by atoms with Gasteiger partial charge in [0, 0.05) is 6.42 Å². The summed E-state index contributed by atoms with van der Waals surface area (Å²) >= 11 is 0. The highest BCUT2D eigenvalue weighted by molar-refractivity contribution is 6.83. The van der Waals surface area contributed by atoms with E-state index < -0.39 is 8.07 Å². The minimum Gasteiger partial charge on any atom is -0.295 e. The van der Waals surface area contributed by atoms with Crippen LogP contribution in [0, 0.1) is 0 Å². The Morgan fingerprint density at radius 3 is 2.13 bits per heavy atom. The molecule has 0 spiro atoms. The van der Waals surface area contributed by atoms with Gasteiger partial charge in [-0.2, -0.15) is 0 Å². The summed E-state index contributed by atoms with van der Waals surface area (Å²) in [6.45, 7) is 11.1. The van der Waals surface area contributed by atoms with Gasteiger partial charge in [-0.05, 0) is 18.9 Å². The van der Waals surface area contributed by atoms with Gasteiger partial charge in [0.15, 0.2) is 5.78 Å². The first-order valence-corrected chi connectivity index (χ1v) is 9.65. The molecule has 0 aromatic rings. The van der Waals surface area contributed by atoms with Crippen LogP contribution in [0.5, 0.6) is 0 Å². The second-order valence-electron chi connectivity index (χ2n) is 5.20. The Bertz CT molecular complexity index is 223. The first-order valence-electron chi connectivity index (χ1n) is 6.15. The lowest BCUT2D eigenvalue weighted by atomic mass is 10.2. The van der Waals surface area contributed by atoms with Crippen LogP contribution in [-0.2, 0) is 4.79 Å². The van der Waals surface area contributed by atoms with Gasteiger partial charge in [-0.3, -0.25) is 4.79 Å². The number of hydrogen-bond donors (Lipinski definition) is 0. The molecule has 0 saturated carbocycles. The fourth-order valence-corrected chi connectivity index (χ4v) is 3.05. The average molecular weight is 226 g/mol. The molecular weight excluding hydrogens is 200 g/mol. The molecule has 1 nitrogen and oxygen atoms in total. The number of carbonyl (C=O) groups excluding carboxylic acids is 1. The second-order valence-corrected chi connectivity index (χ2v) is 10.3. The molecule has 0 bridgehead atoms. The minimum atomic E-state index is -1.28. The molecule has 0 aromatic heterocycles. The van der Waals surface area contributed by atoms with Crippen molar-refractivity contribution >= 4 is 13.9 Å². The smallest absolute Gasteiger partial charge is 0.154 e. The molecule has 0 amide bonds. The molecule has 0 fully saturated rings. The van der Waals surface area contributed by atoms with E-state index in [0.29, 0.717) is 12.2 Å². The van der Waals surface area contributed by atoms with Crippen LogP contribution < -0.4 is 0 Å². The summed E-state index contributed by atoms with van der Waals surface area (Å²) in [5.41, 5.74) is 0. The molecule has 0 aliphatic rings. The summed E-state index contributed by atoms with van der Waals surface area (Å²) in [5.74, 6) is 0.295. The minimum absolute atomic E-state index is 0.295. The zero-order valence-corrected chi connectivity index (χ0v) is 12.0. The molecule has 0 aliphatic heterocycles. The van der Waals surface area contributed by atoms with E-state index >= 15 is 0 Å². The predicted molar refractivity (Wildman–Crippen MR) is 70.9 cm³/mol. The van der Waals surface area contributed by atoms with Crippen LogP contribution in [0.4, 0.5) is 0 Å². The molecule has 0 radical (unpaired) electrons. The zero-order chi connectivity index (χ0) is 11.9. The van der Waals surface area contributed by atoms with Crippen molar-refractivity contribution in [3.05, 3.63) is 11.3 Å². The molecule has 0 atom stereocenters. The van der Waals surface area contributed by atoms with E-state index in [2.05, 4.69) is 26.6 Å². The quantitative estimate of drug-likeness (QED) is 0.358. The highest BCUT2D eigenvalue weighted by Crippen LogP contribution is 2.21. The SMILES string of the molecule is CCCCC/C(=C/C(=O)CC)[Si](C)(C)C. The number of allylic oxidation sites excluding steroid dienone is 2. The number of unbranched alkanes of at least 4 members (excludes halogenated alkanes) is 2. The molecule has 0 heterocycles. The Hall–Kier alpha value is -0.373. The van der Waals surface area contributed by atoms with Gasteiger partial charge in [0.05, 0.1) is 8.07 Å². The summed E-state index contributed by atoms with van der Waals surface area (Å²) in [4.78, 5) is 11.4. The lowest BCUT2D eigenvalue weighted by molar-refractivity contribution is -0.114. The van der Waals surface area contributed by atoms with Crippen LogP contribution >= 0.6 is 0 Å². The molecule has 88 valence electrons. The highest BCUT2D eigenvalue weighted by Gasteiger charge is 2.19. The molecular formula is C13H26OSi. The molecule has 0 aromatic carbocycles. The third-order valence-corrected chi connectivity index (χ3v) is 5.02. The number of ketones is 1. The van der Waals surface area contributed by atoms with E-state index in [0.717, 1.165) is 6.42 Å². The fraction of sp³-hybridized carbons (Fsp3) is 0.769. The predicted octanol–water partition coefficient (Wildman–Crippen LogP) is 4.35. The van der Waals surface area contributed by atoms with Crippen LogP contribution in [-0.4, -0.2) is 13.9 Å². The lowest BCUT2D eigenvalue weighted by Gasteiger charge is -2.21. The summed E-state index contributed by atoms with van der Waals surface area (Å²) in [6, 6.07) is 0. The van der Waals surface area contributed by atoms with Gasteiger partial charge in [0.1, 0.15) is 0 Å². The third-order valence-electron chi connectivity index (χ3n) is 2.70. The Balaban J connectivity index is 4.46. The van der Waals surface area contributed by atoms with Crippen molar-refractivity contribution in [2.75, 3.05) is 0 Å². The van der Waals surface area contributed by atoms with Gasteiger partial charge in [0.25, 0.3) is 0 Å². The fourth-order valence-electron chi connectivity index (χ4n) is 1.53. The third kappa shape index (κ3) is 6.66. The van der Waals surface area contributed by atoms with Crippen molar-refractivity contribution in [1.82, 2.24) is 0 Å². The summed E-state index contributed by atoms with van der Waals surface area (Å²) in [5, 5.41) is 1.45. The first kappa shape index (κ1) is 14.6. The molecule has 0 saturated heterocycles. The van der Waals surface area contributed by atoms with Crippen molar-refractivity contribution in [2.45, 2.75) is 65.6 Å². The normalized spacial score (nSPS) is 13.0. The zero-order valence-electron chi connectivity index (χ0n) is 11.0. The molecule has 0 N–H and O–H groups in total. The van der Waals surface area contributed by atoms with Crippen LogP contribution in [0.2, 0.25) is 19.6 Å². The van der Waals surface area contributed by atoms with E-state index in [4.69, 9.17) is 0 Å². The van der Waals surface area contributed by atoms with Crippen molar-refractivity contribution < 1.29 is 4.79 Å². The Kier molecular flexibility index (Phi) is 6.82. The highest BCUT2D eigenvalue weighted by atomic mass is 28.3. The molecule has 2 heteroatoms. The van der Waals surface area contributed by atoms with Gasteiger partial charge in [-0.1, -0.05) is 51.5 Å². The Labute approximate surface area is 96.0 Å². The van der Waals surface area contributed by atoms with E-state index in [-0.39, 0.29) is 0 Å². The van der Waals surface area contributed by atoms with Crippen molar-refractivity contribution in [3.8, 4) is 0 Å². The van der Waals surface area contributed by atoms with Crippen LogP contribution in [0.25, 0.3) is 0 Å². The second kappa shape index (κ2) is 6.99. The summed E-state index contributed by atoms with van der Waals surface area (Å²) in [7, 11) is -1.28. The van der Waals surface area contributed by atoms with Gasteiger partial charge < -0.3 is 0 Å². The monoisotopic (exact) mass is 226 g/mol. The van der Waals surface area contributed by atoms with E-state index in [1.165, 1.54) is 24.5 Å². The van der Waals surface area contributed by atoms with Crippen molar-refractivity contribution in [1.29, 1.82) is 0 Å². The van der Waals surface area contributed by atoms with Crippen molar-refractivity contribution in [2.24, 2.45) is 0 Å². The molecule has 0 aliphatic carbocycles. The van der Waals surface area contributed by atoms with E-state index in [1.54, 1.807) is 0 Å². The maximum Gasteiger partial charge on any atom is 0.154 e. The molecule has 0 rings (SSSR count). The van der Waals surface area contributed by atoms with Gasteiger partial charge in [-0.15, -0.1) is 0 Å². The molecule has 0 unspecified atom stereocenters. The number of carbonyl (C=O) groups is 1. The van der Waals surface area contributed by atoms with Crippen LogP contribution in [0.3, 0.4) is 0 Å². The molecule has 15 heavy (non-hydrogen) atoms. The Morgan fingerprint density at radius 2 is 1.73 bits per heavy atom. The topological polar surface area (TPSA) is 17.1 Å². The van der Waals surface area contributed by atoms with Gasteiger partial charge in [-0.25, -0.2) is 0 Å². The Morgan fingerprint density at radius 1 is 1.13 bits per heavy atom. The van der Waals surface area contributed by atoms with E-state index in [1.807, 2.05) is 13.0 Å². The number of hydrogen-bond acceptors (Lipinski definition) is 1. The number of rotatable bonds is 7. The van der Waals surface area contributed by atoms with Crippen LogP contribution in [0.1, 0.15) is 46.0 Å². The van der Waals surface area contributed by atoms with E-state index in [9.17, 15) is 4.79 Å². The van der Waals surface area contributed by atoms with Crippen molar-refractivity contribution in [3.63, 3.8) is 0 Å². The lowest BCUT2D eigenvalue weighted by Crippen LogP contribution is -2.25. The standard InChI is InChI=1S/C13H26OSi/c1-6-8-9-10-13(15(3,4)5)11-12(14)7-2/h11H,6-10H2,1-5H3/b13-11-. The summed E-state index contributed by atoms with van der Waals surface area (Å²) in [6.07, 6.45) is 7.48. The van der Waals surface area contributed by atoms with Gasteiger partial charge in [0.2, 0.25) is 0 Å².